The number of halogens is 2. The normalized spacial score (nSPS) is 12.8. The first kappa shape index (κ1) is 63.9. The molecule has 8 aromatic heterocycles. The number of hydrogen-bond donors (Lipinski definition) is 1. The number of carbonyl (C=O) groups is 1. The van der Waals surface area contributed by atoms with Gasteiger partial charge in [-0.15, -0.1) is 0 Å². The number of aromatic amines is 1. The number of aromatic nitrogens is 8. The van der Waals surface area contributed by atoms with E-state index in [0.29, 0.717) is 16.3 Å². The Labute approximate surface area is 481 Å². The van der Waals surface area contributed by atoms with E-state index in [4.69, 9.17) is 30.6 Å². The van der Waals surface area contributed by atoms with E-state index in [1.807, 2.05) is 140 Å². The maximum Gasteiger partial charge on any atom is 0.488 e. The lowest BCUT2D eigenvalue weighted by molar-refractivity contribution is 0.00578. The number of carbonyl (C=O) groups excluding carboxylic acids is 1. The van der Waals surface area contributed by atoms with Crippen LogP contribution in [0.4, 0.5) is 4.79 Å². The highest BCUT2D eigenvalue weighted by atomic mass is 127. The fraction of sp³-hybridized carbons (Fsp3) is 0.306. The van der Waals surface area contributed by atoms with Crippen LogP contribution in [0.25, 0.3) is 77.8 Å². The molecule has 1 aliphatic rings. The van der Waals surface area contributed by atoms with E-state index in [0.717, 1.165) is 70.1 Å². The Morgan fingerprint density at radius 1 is 0.654 bits per heavy atom. The van der Waals surface area contributed by atoms with Gasteiger partial charge in [-0.05, 0) is 157 Å². The molecule has 1 aliphatic heterocycles. The average molecular weight is 1180 g/mol. The van der Waals surface area contributed by atoms with Crippen LogP contribution < -0.4 is 0 Å². The van der Waals surface area contributed by atoms with Gasteiger partial charge in [-0.3, -0.25) is 0 Å². The Balaban J connectivity index is 0.000000222. The summed E-state index contributed by atoms with van der Waals surface area (Å²) < 4.78 is 18.2. The molecule has 0 atom stereocenters. The van der Waals surface area contributed by atoms with Crippen molar-refractivity contribution in [2.24, 2.45) is 0 Å². The molecule has 0 bridgehead atoms. The molecule has 1 N–H and O–H groups in total. The maximum absolute atomic E-state index is 12.0. The number of pyridine rings is 6. The summed E-state index contributed by atoms with van der Waals surface area (Å²) in [4.78, 5) is 44.2. The molecule has 0 saturated carbocycles. The van der Waals surface area contributed by atoms with E-state index >= 15 is 0 Å². The van der Waals surface area contributed by atoms with Gasteiger partial charge in [0.25, 0.3) is 0 Å². The van der Waals surface area contributed by atoms with Crippen LogP contribution in [-0.4, -0.2) is 94.6 Å². The summed E-state index contributed by atoms with van der Waals surface area (Å²) in [7, 11) is 1.42. The van der Waals surface area contributed by atoms with Crippen LogP contribution in [-0.2, 0) is 14.0 Å². The minimum absolute atomic E-state index is 0. The number of ether oxygens (including phenoxy) is 1. The minimum atomic E-state index is -0.506. The molecular weight excluding hydrogens is 1110 g/mol. The van der Waals surface area contributed by atoms with E-state index < -0.39 is 11.7 Å². The quantitative estimate of drug-likeness (QED) is 0.125. The van der Waals surface area contributed by atoms with Crippen LogP contribution in [0, 0.1) is 3.57 Å². The van der Waals surface area contributed by atoms with E-state index in [-0.39, 0.29) is 33.5 Å². The zero-order valence-corrected chi connectivity index (χ0v) is 47.1. The Morgan fingerprint density at radius 2 is 1.18 bits per heavy atom. The van der Waals surface area contributed by atoms with Crippen LogP contribution in [0.3, 0.4) is 0 Å². The summed E-state index contributed by atoms with van der Waals surface area (Å²) in [6.07, 6.45) is 10.3. The molecular formula is C62H75BClIN9O4. The van der Waals surface area contributed by atoms with Crippen LogP contribution in [0.15, 0.2) is 159 Å². The average Bonchev–Trinajstić information content (AvgIpc) is 4.16. The summed E-state index contributed by atoms with van der Waals surface area (Å²) in [6.45, 7) is 23.7. The Morgan fingerprint density at radius 3 is 1.74 bits per heavy atom. The molecule has 0 spiro atoms. The van der Waals surface area contributed by atoms with Gasteiger partial charge in [-0.25, -0.2) is 39.3 Å². The van der Waals surface area contributed by atoms with E-state index in [2.05, 4.69) is 108 Å². The van der Waals surface area contributed by atoms with Crippen molar-refractivity contribution in [2.75, 3.05) is 19.6 Å². The molecule has 1 fully saturated rings. The standard InChI is InChI=1S/C21H14N4.C14H9ClN2.C12H13IN2O2.C6H12BO2.C6H15N.3CH4/c1-2-6-14(7-3-1)19-12-17(15-8-4-11-23-21(15)25-19)18-13-24-20-16(18)9-5-10-22-20;15-12-8-9-16-14-11(12)6-7-13(17-14)10-4-2-1-3-5-10;1-12(2,3)17-11(16)15-7-9(13)8-5-4-6-14-10(8)15;1-5(2)6(3,4)9-7-8-5;1-4-7(5-2)6-3;;;/h1-13H,(H,22,24);1-9H;4-7H,1-3H3;1-4H3;4-6H2,1-3H3;3*1H4. The SMILES string of the molecule is C.C.C.CC(C)(C)OC(=O)n1cc(I)c2cccnc21.CC1(C)O[B]OC1(C)C.CCN(CC)CC.Clc1ccnc2nc(-c3ccccc3)ccc12.c1ccc(-c2cc(-c3c[nH]c4ncccc34)c3cccnc3n2)cc1. The van der Waals surface area contributed by atoms with Gasteiger partial charge in [0, 0.05) is 79.0 Å². The first-order chi connectivity index (χ1) is 35.9. The van der Waals surface area contributed by atoms with Crippen molar-refractivity contribution in [3.05, 3.63) is 167 Å². The molecule has 13 nitrogen and oxygen atoms in total. The first-order valence-electron chi connectivity index (χ1n) is 24.9. The van der Waals surface area contributed by atoms with E-state index in [1.165, 1.54) is 31.9 Å². The van der Waals surface area contributed by atoms with Gasteiger partial charge in [0.15, 0.2) is 11.3 Å². The molecule has 0 unspecified atom stereocenters. The third-order valence-electron chi connectivity index (χ3n) is 12.6. The van der Waals surface area contributed by atoms with Gasteiger partial charge in [0.2, 0.25) is 0 Å². The maximum atomic E-state index is 12.0. The fourth-order valence-electron chi connectivity index (χ4n) is 7.67. The predicted octanol–water partition coefficient (Wildman–Crippen LogP) is 16.6. The fourth-order valence-corrected chi connectivity index (χ4v) is 8.57. The summed E-state index contributed by atoms with van der Waals surface area (Å²) in [5, 5.41) is 4.65. The molecule has 0 aliphatic carbocycles. The van der Waals surface area contributed by atoms with Crippen molar-refractivity contribution in [3.8, 4) is 33.6 Å². The number of nitrogens with one attached hydrogen (secondary N) is 1. The lowest BCUT2D eigenvalue weighted by Crippen LogP contribution is -2.41. The van der Waals surface area contributed by atoms with Crippen molar-refractivity contribution in [1.29, 1.82) is 0 Å². The Kier molecular flexibility index (Phi) is 23.6. The highest BCUT2D eigenvalue weighted by molar-refractivity contribution is 14.1. The Bertz CT molecular complexity index is 3450. The van der Waals surface area contributed by atoms with Crippen LogP contribution >= 0.6 is 34.2 Å². The summed E-state index contributed by atoms with van der Waals surface area (Å²) in [5.74, 6) is 0. The Hall–Kier alpha value is -6.63. The second-order valence-corrected chi connectivity index (χ2v) is 20.9. The lowest BCUT2D eigenvalue weighted by Gasteiger charge is -2.32. The highest BCUT2D eigenvalue weighted by Crippen LogP contribution is 2.36. The van der Waals surface area contributed by atoms with Crippen molar-refractivity contribution in [3.63, 3.8) is 0 Å². The third kappa shape index (κ3) is 16.0. The molecule has 78 heavy (non-hydrogen) atoms. The molecule has 0 amide bonds. The van der Waals surface area contributed by atoms with Crippen molar-refractivity contribution in [2.45, 2.75) is 108 Å². The van der Waals surface area contributed by atoms with E-state index in [9.17, 15) is 4.79 Å². The van der Waals surface area contributed by atoms with Crippen LogP contribution in [0.1, 0.15) is 91.5 Å². The minimum Gasteiger partial charge on any atom is -0.443 e. The zero-order chi connectivity index (χ0) is 53.8. The number of rotatable bonds is 6. The van der Waals surface area contributed by atoms with Crippen LogP contribution in [0.5, 0.6) is 0 Å². The van der Waals surface area contributed by atoms with Crippen LogP contribution in [0.2, 0.25) is 5.02 Å². The lowest BCUT2D eigenvalue weighted by atomic mass is 9.90. The molecule has 11 rings (SSSR count). The van der Waals surface area contributed by atoms with Gasteiger partial charge in [0.1, 0.15) is 16.9 Å². The zero-order valence-electron chi connectivity index (χ0n) is 44.2. The summed E-state index contributed by atoms with van der Waals surface area (Å²) >= 11 is 8.26. The van der Waals surface area contributed by atoms with Crippen molar-refractivity contribution >= 4 is 92.1 Å². The largest absolute Gasteiger partial charge is 0.488 e. The molecule has 10 aromatic rings. The van der Waals surface area contributed by atoms with Crippen molar-refractivity contribution in [1.82, 2.24) is 44.4 Å². The second kappa shape index (κ2) is 28.8. The highest BCUT2D eigenvalue weighted by Gasteiger charge is 2.44. The van der Waals surface area contributed by atoms with Gasteiger partial charge in [-0.2, -0.15) is 0 Å². The van der Waals surface area contributed by atoms with E-state index in [1.54, 1.807) is 37.1 Å². The van der Waals surface area contributed by atoms with Crippen molar-refractivity contribution < 1.29 is 18.8 Å². The number of nitrogens with zero attached hydrogens (tertiary/aromatic N) is 8. The van der Waals surface area contributed by atoms with Gasteiger partial charge >= 0.3 is 13.8 Å². The summed E-state index contributed by atoms with van der Waals surface area (Å²) in [5.41, 5.74) is 8.26. The molecule has 1 saturated heterocycles. The molecule has 1 radical (unpaired) electrons. The predicted molar refractivity (Wildman–Crippen MR) is 334 cm³/mol. The molecule has 2 aromatic carbocycles. The summed E-state index contributed by atoms with van der Waals surface area (Å²) in [6, 6.07) is 39.9. The number of fused-ring (bicyclic) bond motifs is 4. The first-order valence-corrected chi connectivity index (χ1v) is 26.3. The number of benzene rings is 2. The monoisotopic (exact) mass is 1180 g/mol. The number of hydrogen-bond acceptors (Lipinski definition) is 11. The van der Waals surface area contributed by atoms with Gasteiger partial charge in [0.05, 0.1) is 27.6 Å². The third-order valence-corrected chi connectivity index (χ3v) is 13.8. The second-order valence-electron chi connectivity index (χ2n) is 19.3. The molecule has 409 valence electrons. The topological polar surface area (TPSA) is 146 Å². The molecule has 9 heterocycles. The number of H-pyrrole nitrogens is 1. The van der Waals surface area contributed by atoms with Gasteiger partial charge < -0.3 is 23.9 Å². The smallest absolute Gasteiger partial charge is 0.443 e. The van der Waals surface area contributed by atoms with Gasteiger partial charge in [-0.1, -0.05) is 115 Å². The molecule has 16 heteroatoms.